The standard InChI is InChI=1S/C17H22ClFN2O/c18-15-4-3-5-16(19)14(15)12-20-10-6-13(7-11-20)17(22)21-8-1-2-9-21/h3-5,13H,1-2,6-12H2. The highest BCUT2D eigenvalue weighted by atomic mass is 35.5. The average Bonchev–Trinajstić information content (AvgIpc) is 3.05. The Balaban J connectivity index is 1.54. The summed E-state index contributed by atoms with van der Waals surface area (Å²) in [5, 5.41) is 0.482. The predicted octanol–water partition coefficient (Wildman–Crippen LogP) is 3.31. The zero-order valence-corrected chi connectivity index (χ0v) is 13.5. The molecule has 1 aromatic rings. The van der Waals surface area contributed by atoms with E-state index < -0.39 is 0 Å². The van der Waals surface area contributed by atoms with E-state index in [1.165, 1.54) is 6.07 Å². The number of amides is 1. The summed E-state index contributed by atoms with van der Waals surface area (Å²) < 4.78 is 13.8. The van der Waals surface area contributed by atoms with Crippen LogP contribution < -0.4 is 0 Å². The van der Waals surface area contributed by atoms with Gasteiger partial charge in [-0.1, -0.05) is 17.7 Å². The van der Waals surface area contributed by atoms with Gasteiger partial charge in [-0.3, -0.25) is 9.69 Å². The molecule has 0 aromatic heterocycles. The second-order valence-corrected chi connectivity index (χ2v) is 6.69. The third-order valence-corrected chi connectivity index (χ3v) is 5.15. The van der Waals surface area contributed by atoms with Gasteiger partial charge in [0.05, 0.1) is 0 Å². The van der Waals surface area contributed by atoms with Crippen LogP contribution in [-0.2, 0) is 11.3 Å². The summed E-state index contributed by atoms with van der Waals surface area (Å²) in [7, 11) is 0. The maximum absolute atomic E-state index is 13.8. The van der Waals surface area contributed by atoms with Crippen LogP contribution in [-0.4, -0.2) is 41.9 Å². The minimum absolute atomic E-state index is 0.144. The summed E-state index contributed by atoms with van der Waals surface area (Å²) >= 11 is 6.09. The van der Waals surface area contributed by atoms with Crippen LogP contribution in [0.15, 0.2) is 18.2 Å². The molecule has 0 N–H and O–H groups in total. The van der Waals surface area contributed by atoms with Gasteiger partial charge in [0.15, 0.2) is 0 Å². The van der Waals surface area contributed by atoms with Crippen LogP contribution in [0.1, 0.15) is 31.2 Å². The third-order valence-electron chi connectivity index (χ3n) is 4.80. The SMILES string of the molecule is O=C(C1CCN(Cc2c(F)cccc2Cl)CC1)N1CCCC1. The molecule has 1 amide bonds. The van der Waals surface area contributed by atoms with E-state index in [1.54, 1.807) is 12.1 Å². The fourth-order valence-corrected chi connectivity index (χ4v) is 3.66. The van der Waals surface area contributed by atoms with Crippen LogP contribution in [0.25, 0.3) is 0 Å². The fourth-order valence-electron chi connectivity index (χ4n) is 3.44. The first-order chi connectivity index (χ1) is 10.6. The molecular weight excluding hydrogens is 303 g/mol. The molecule has 2 saturated heterocycles. The summed E-state index contributed by atoms with van der Waals surface area (Å²) in [6.45, 7) is 4.02. The molecule has 22 heavy (non-hydrogen) atoms. The van der Waals surface area contributed by atoms with E-state index in [9.17, 15) is 9.18 Å². The van der Waals surface area contributed by atoms with Crippen LogP contribution >= 0.6 is 11.6 Å². The molecule has 0 atom stereocenters. The molecule has 2 aliphatic rings. The van der Waals surface area contributed by atoms with Gasteiger partial charge in [-0.2, -0.15) is 0 Å². The molecule has 120 valence electrons. The smallest absolute Gasteiger partial charge is 0.225 e. The summed E-state index contributed by atoms with van der Waals surface area (Å²) in [6, 6.07) is 4.80. The summed E-state index contributed by atoms with van der Waals surface area (Å²) in [5.41, 5.74) is 0.563. The van der Waals surface area contributed by atoms with E-state index in [4.69, 9.17) is 11.6 Å². The molecule has 1 aromatic carbocycles. The number of carbonyl (C=O) groups excluding carboxylic acids is 1. The molecule has 5 heteroatoms. The Kier molecular flexibility index (Phi) is 4.99. The van der Waals surface area contributed by atoms with Crippen molar-refractivity contribution < 1.29 is 9.18 Å². The van der Waals surface area contributed by atoms with Gasteiger partial charge < -0.3 is 4.90 Å². The molecule has 2 fully saturated rings. The maximum atomic E-state index is 13.8. The lowest BCUT2D eigenvalue weighted by Crippen LogP contribution is -2.41. The molecule has 0 aliphatic carbocycles. The molecule has 0 bridgehead atoms. The van der Waals surface area contributed by atoms with E-state index in [2.05, 4.69) is 4.90 Å². The first-order valence-corrected chi connectivity index (χ1v) is 8.47. The predicted molar refractivity (Wildman–Crippen MR) is 85.2 cm³/mol. The van der Waals surface area contributed by atoms with Gasteiger partial charge in [-0.15, -0.1) is 0 Å². The lowest BCUT2D eigenvalue weighted by Gasteiger charge is -2.33. The van der Waals surface area contributed by atoms with Crippen molar-refractivity contribution in [3.63, 3.8) is 0 Å². The van der Waals surface area contributed by atoms with Gasteiger partial charge in [0.1, 0.15) is 5.82 Å². The quantitative estimate of drug-likeness (QED) is 0.851. The maximum Gasteiger partial charge on any atom is 0.225 e. The number of rotatable bonds is 3. The normalized spacial score (nSPS) is 20.5. The van der Waals surface area contributed by atoms with Crippen LogP contribution in [0.5, 0.6) is 0 Å². The van der Waals surface area contributed by atoms with Crippen molar-refractivity contribution in [3.8, 4) is 0 Å². The number of piperidine rings is 1. The van der Waals surface area contributed by atoms with E-state index in [0.29, 0.717) is 23.0 Å². The van der Waals surface area contributed by atoms with Gasteiger partial charge in [0, 0.05) is 36.1 Å². The van der Waals surface area contributed by atoms with E-state index in [-0.39, 0.29) is 11.7 Å². The monoisotopic (exact) mass is 324 g/mol. The highest BCUT2D eigenvalue weighted by molar-refractivity contribution is 6.31. The summed E-state index contributed by atoms with van der Waals surface area (Å²) in [5.74, 6) is 0.217. The minimum atomic E-state index is -0.247. The van der Waals surface area contributed by atoms with Crippen molar-refractivity contribution in [3.05, 3.63) is 34.6 Å². The van der Waals surface area contributed by atoms with Crippen molar-refractivity contribution in [1.29, 1.82) is 0 Å². The number of likely N-dealkylation sites (tertiary alicyclic amines) is 2. The molecule has 0 unspecified atom stereocenters. The summed E-state index contributed by atoms with van der Waals surface area (Å²) in [6.07, 6.45) is 4.00. The lowest BCUT2D eigenvalue weighted by atomic mass is 9.95. The molecule has 0 saturated carbocycles. The zero-order valence-electron chi connectivity index (χ0n) is 12.7. The Labute approximate surface area is 136 Å². The average molecular weight is 325 g/mol. The highest BCUT2D eigenvalue weighted by Crippen LogP contribution is 2.26. The number of nitrogens with zero attached hydrogens (tertiary/aromatic N) is 2. The molecular formula is C17H22ClFN2O. The van der Waals surface area contributed by atoms with Gasteiger partial charge >= 0.3 is 0 Å². The zero-order chi connectivity index (χ0) is 15.5. The molecule has 3 nitrogen and oxygen atoms in total. The van der Waals surface area contributed by atoms with Crippen molar-refractivity contribution in [2.45, 2.75) is 32.2 Å². The molecule has 2 aliphatic heterocycles. The number of hydrogen-bond acceptors (Lipinski definition) is 2. The second kappa shape index (κ2) is 6.97. The molecule has 0 radical (unpaired) electrons. The Hall–Kier alpha value is -1.13. The lowest BCUT2D eigenvalue weighted by molar-refractivity contribution is -0.136. The third kappa shape index (κ3) is 3.44. The van der Waals surface area contributed by atoms with Crippen molar-refractivity contribution in [1.82, 2.24) is 9.80 Å². The fraction of sp³-hybridized carbons (Fsp3) is 0.588. The first-order valence-electron chi connectivity index (χ1n) is 8.09. The van der Waals surface area contributed by atoms with Crippen LogP contribution in [0.2, 0.25) is 5.02 Å². The summed E-state index contributed by atoms with van der Waals surface area (Å²) in [4.78, 5) is 16.6. The van der Waals surface area contributed by atoms with Gasteiger partial charge in [-0.25, -0.2) is 4.39 Å². The molecule has 0 spiro atoms. The second-order valence-electron chi connectivity index (χ2n) is 6.28. The van der Waals surface area contributed by atoms with Gasteiger partial charge in [-0.05, 0) is 50.9 Å². The Morgan fingerprint density at radius 2 is 1.86 bits per heavy atom. The number of benzene rings is 1. The first kappa shape index (κ1) is 15.8. The topological polar surface area (TPSA) is 23.6 Å². The van der Waals surface area contributed by atoms with Crippen molar-refractivity contribution in [2.24, 2.45) is 5.92 Å². The van der Waals surface area contributed by atoms with Crippen LogP contribution in [0.4, 0.5) is 4.39 Å². The van der Waals surface area contributed by atoms with Crippen LogP contribution in [0, 0.1) is 11.7 Å². The van der Waals surface area contributed by atoms with Gasteiger partial charge in [0.25, 0.3) is 0 Å². The number of carbonyl (C=O) groups is 1. The van der Waals surface area contributed by atoms with E-state index in [0.717, 1.165) is 51.9 Å². The highest BCUT2D eigenvalue weighted by Gasteiger charge is 2.30. The van der Waals surface area contributed by atoms with Crippen molar-refractivity contribution in [2.75, 3.05) is 26.2 Å². The Morgan fingerprint density at radius 1 is 1.18 bits per heavy atom. The number of halogens is 2. The van der Waals surface area contributed by atoms with Crippen molar-refractivity contribution >= 4 is 17.5 Å². The Morgan fingerprint density at radius 3 is 2.50 bits per heavy atom. The van der Waals surface area contributed by atoms with E-state index >= 15 is 0 Å². The number of hydrogen-bond donors (Lipinski definition) is 0. The van der Waals surface area contributed by atoms with Gasteiger partial charge in [0.2, 0.25) is 5.91 Å². The molecule has 2 heterocycles. The molecule has 3 rings (SSSR count). The van der Waals surface area contributed by atoms with Crippen LogP contribution in [0.3, 0.4) is 0 Å². The largest absolute Gasteiger partial charge is 0.342 e. The van der Waals surface area contributed by atoms with E-state index in [1.807, 2.05) is 4.90 Å². The Bertz CT molecular complexity index is 517. The minimum Gasteiger partial charge on any atom is -0.342 e.